The molecule has 0 saturated heterocycles. The van der Waals surface area contributed by atoms with Crippen LogP contribution in [0.5, 0.6) is 5.75 Å². The topological polar surface area (TPSA) is 88.1 Å². The molecule has 0 radical (unpaired) electrons. The van der Waals surface area contributed by atoms with E-state index in [9.17, 15) is 13.2 Å². The molecule has 0 bridgehead atoms. The molecule has 0 spiro atoms. The van der Waals surface area contributed by atoms with E-state index >= 15 is 0 Å². The van der Waals surface area contributed by atoms with E-state index in [0.717, 1.165) is 26.6 Å². The van der Waals surface area contributed by atoms with Crippen molar-refractivity contribution in [1.82, 2.24) is 5.43 Å². The largest absolute Gasteiger partial charge is 0.489 e. The molecule has 0 fully saturated rings. The highest BCUT2D eigenvalue weighted by molar-refractivity contribution is 7.92. The van der Waals surface area contributed by atoms with Crippen molar-refractivity contribution in [3.8, 4) is 5.75 Å². The van der Waals surface area contributed by atoms with E-state index in [0.29, 0.717) is 23.1 Å². The van der Waals surface area contributed by atoms with Crippen LogP contribution in [0.25, 0.3) is 0 Å². The molecule has 0 aliphatic carbocycles. The fourth-order valence-corrected chi connectivity index (χ4v) is 5.53. The van der Waals surface area contributed by atoms with Crippen molar-refractivity contribution in [3.05, 3.63) is 124 Å². The molecule has 0 aliphatic heterocycles. The van der Waals surface area contributed by atoms with Crippen molar-refractivity contribution in [2.45, 2.75) is 25.3 Å². The van der Waals surface area contributed by atoms with Crippen LogP contribution in [0.4, 0.5) is 5.69 Å². The maximum absolute atomic E-state index is 13.5. The number of rotatable bonds is 10. The normalized spacial score (nSPS) is 11.4. The summed E-state index contributed by atoms with van der Waals surface area (Å²) in [7, 11) is -4.00. The molecule has 0 unspecified atom stereocenters. The highest BCUT2D eigenvalue weighted by atomic mass is 35.5. The van der Waals surface area contributed by atoms with Crippen LogP contribution < -0.4 is 14.5 Å². The van der Waals surface area contributed by atoms with Crippen LogP contribution in [0.2, 0.25) is 5.02 Å². The minimum Gasteiger partial charge on any atom is -0.489 e. The lowest BCUT2D eigenvalue weighted by atomic mass is 10.1. The quantitative estimate of drug-likeness (QED) is 0.193. The van der Waals surface area contributed by atoms with Gasteiger partial charge in [0.15, 0.2) is 0 Å². The number of sulfonamides is 1. The maximum Gasteiger partial charge on any atom is 0.264 e. The Morgan fingerprint density at radius 2 is 1.67 bits per heavy atom. The highest BCUT2D eigenvalue weighted by Gasteiger charge is 2.28. The van der Waals surface area contributed by atoms with Crippen molar-refractivity contribution in [3.63, 3.8) is 0 Å². The zero-order valence-electron chi connectivity index (χ0n) is 21.5. The lowest BCUT2D eigenvalue weighted by molar-refractivity contribution is -0.119. The standard InChI is InChI=1S/C30H28ClN3O4S/c1-22-8-6-13-29(23(22)2)34(39(36,37)28-11-4-3-5-12-28)20-30(35)33-32-19-24-14-16-27(17-15-24)38-21-25-9-7-10-26(31)18-25/h3-19H,20-21H2,1-2H3,(H,33,35)/b32-19-. The Morgan fingerprint density at radius 1 is 0.949 bits per heavy atom. The van der Waals surface area contributed by atoms with E-state index in [1.165, 1.54) is 18.3 Å². The molecule has 0 heterocycles. The smallest absolute Gasteiger partial charge is 0.264 e. The van der Waals surface area contributed by atoms with Gasteiger partial charge in [-0.05, 0) is 90.7 Å². The molecule has 200 valence electrons. The fraction of sp³-hybridized carbons (Fsp3) is 0.133. The number of hydrogen-bond donors (Lipinski definition) is 1. The molecule has 0 saturated carbocycles. The minimum atomic E-state index is -4.00. The van der Waals surface area contributed by atoms with Gasteiger partial charge in [0.25, 0.3) is 15.9 Å². The van der Waals surface area contributed by atoms with E-state index in [2.05, 4.69) is 10.5 Å². The van der Waals surface area contributed by atoms with Crippen LogP contribution in [0.3, 0.4) is 0 Å². The number of amides is 1. The van der Waals surface area contributed by atoms with Crippen LogP contribution >= 0.6 is 11.6 Å². The van der Waals surface area contributed by atoms with Crippen LogP contribution in [0.1, 0.15) is 22.3 Å². The second kappa shape index (κ2) is 12.6. The van der Waals surface area contributed by atoms with Gasteiger partial charge in [-0.3, -0.25) is 9.10 Å². The monoisotopic (exact) mass is 561 g/mol. The van der Waals surface area contributed by atoms with E-state index in [1.807, 2.05) is 38.1 Å². The number of ether oxygens (including phenoxy) is 1. The molecule has 0 aromatic heterocycles. The zero-order chi connectivity index (χ0) is 27.8. The van der Waals surface area contributed by atoms with Crippen molar-refractivity contribution >= 4 is 39.4 Å². The highest BCUT2D eigenvalue weighted by Crippen LogP contribution is 2.28. The second-order valence-electron chi connectivity index (χ2n) is 8.82. The number of carbonyl (C=O) groups is 1. The van der Waals surface area contributed by atoms with Gasteiger partial charge in [-0.2, -0.15) is 5.10 Å². The number of hydrazone groups is 1. The SMILES string of the molecule is Cc1cccc(N(CC(=O)N/N=C\c2ccc(OCc3cccc(Cl)c3)cc2)S(=O)(=O)c2ccccc2)c1C. The minimum absolute atomic E-state index is 0.0971. The van der Waals surface area contributed by atoms with Gasteiger partial charge in [-0.25, -0.2) is 13.8 Å². The zero-order valence-corrected chi connectivity index (χ0v) is 23.1. The summed E-state index contributed by atoms with van der Waals surface area (Å²) in [6.07, 6.45) is 1.48. The number of carbonyl (C=O) groups excluding carboxylic acids is 1. The molecule has 4 aromatic rings. The molecule has 1 amide bonds. The third kappa shape index (κ3) is 7.25. The van der Waals surface area contributed by atoms with Crippen LogP contribution in [0.15, 0.2) is 107 Å². The Balaban J connectivity index is 1.42. The van der Waals surface area contributed by atoms with Crippen molar-refractivity contribution < 1.29 is 17.9 Å². The van der Waals surface area contributed by atoms with Gasteiger partial charge in [0.1, 0.15) is 18.9 Å². The van der Waals surface area contributed by atoms with Crippen molar-refractivity contribution in [2.75, 3.05) is 10.8 Å². The maximum atomic E-state index is 13.5. The number of nitrogens with one attached hydrogen (secondary N) is 1. The summed E-state index contributed by atoms with van der Waals surface area (Å²) in [5, 5.41) is 4.67. The molecule has 7 nitrogen and oxygen atoms in total. The number of nitrogens with zero attached hydrogens (tertiary/aromatic N) is 2. The third-order valence-electron chi connectivity index (χ3n) is 6.04. The first-order valence-corrected chi connectivity index (χ1v) is 14.0. The first-order chi connectivity index (χ1) is 18.7. The molecular weight excluding hydrogens is 534 g/mol. The van der Waals surface area contributed by atoms with Crippen molar-refractivity contribution in [2.24, 2.45) is 5.10 Å². The molecule has 39 heavy (non-hydrogen) atoms. The van der Waals surface area contributed by atoms with E-state index < -0.39 is 22.5 Å². The number of benzene rings is 4. The molecule has 4 rings (SSSR count). The van der Waals surface area contributed by atoms with E-state index in [1.54, 1.807) is 60.7 Å². The summed E-state index contributed by atoms with van der Waals surface area (Å²) in [4.78, 5) is 12.9. The second-order valence-corrected chi connectivity index (χ2v) is 11.1. The first kappa shape index (κ1) is 27.9. The number of hydrogen-bond acceptors (Lipinski definition) is 5. The van der Waals surface area contributed by atoms with E-state index in [4.69, 9.17) is 16.3 Å². The average Bonchev–Trinajstić information content (AvgIpc) is 2.93. The molecule has 1 N–H and O–H groups in total. The van der Waals surface area contributed by atoms with Gasteiger partial charge < -0.3 is 4.74 Å². The Hall–Kier alpha value is -4.14. The predicted octanol–water partition coefficient (Wildman–Crippen LogP) is 5.88. The summed E-state index contributed by atoms with van der Waals surface area (Å²) in [6.45, 7) is 3.67. The van der Waals surface area contributed by atoms with Crippen LogP contribution in [-0.4, -0.2) is 27.1 Å². The summed E-state index contributed by atoms with van der Waals surface area (Å²) in [5.74, 6) is 0.0968. The Morgan fingerprint density at radius 3 is 2.38 bits per heavy atom. The van der Waals surface area contributed by atoms with Gasteiger partial charge >= 0.3 is 0 Å². The summed E-state index contributed by atoms with van der Waals surface area (Å²) in [6, 6.07) is 28.0. The predicted molar refractivity (Wildman–Crippen MR) is 155 cm³/mol. The van der Waals surface area contributed by atoms with Gasteiger partial charge in [0.2, 0.25) is 0 Å². The van der Waals surface area contributed by atoms with Crippen LogP contribution in [0, 0.1) is 13.8 Å². The Bertz CT molecular complexity index is 1570. The number of aryl methyl sites for hydroxylation is 1. The summed E-state index contributed by atoms with van der Waals surface area (Å²) < 4.78 is 33.9. The van der Waals surface area contributed by atoms with E-state index in [-0.39, 0.29) is 4.90 Å². The summed E-state index contributed by atoms with van der Waals surface area (Å²) in [5.41, 5.74) is 6.25. The fourth-order valence-electron chi connectivity index (χ4n) is 3.81. The van der Waals surface area contributed by atoms with Crippen LogP contribution in [-0.2, 0) is 21.4 Å². The van der Waals surface area contributed by atoms with Gasteiger partial charge in [-0.15, -0.1) is 0 Å². The summed E-state index contributed by atoms with van der Waals surface area (Å²) >= 11 is 6.01. The van der Waals surface area contributed by atoms with Crippen molar-refractivity contribution in [1.29, 1.82) is 0 Å². The Labute approximate surface area is 233 Å². The number of anilines is 1. The lowest BCUT2D eigenvalue weighted by Crippen LogP contribution is -2.40. The molecule has 0 atom stereocenters. The molecular formula is C30H28ClN3O4S. The van der Waals surface area contributed by atoms with Gasteiger partial charge in [0, 0.05) is 5.02 Å². The third-order valence-corrected chi connectivity index (χ3v) is 8.05. The van der Waals surface area contributed by atoms with Gasteiger partial charge in [0.05, 0.1) is 16.8 Å². The van der Waals surface area contributed by atoms with Gasteiger partial charge in [-0.1, -0.05) is 54.1 Å². The number of halogens is 1. The Kier molecular flexibility index (Phi) is 9.01. The average molecular weight is 562 g/mol. The molecule has 9 heteroatoms. The first-order valence-electron chi connectivity index (χ1n) is 12.2. The lowest BCUT2D eigenvalue weighted by Gasteiger charge is -2.26. The molecule has 0 aliphatic rings. The molecule has 4 aromatic carbocycles.